The highest BCUT2D eigenvalue weighted by molar-refractivity contribution is 9.10. The number of hydrogen-bond acceptors (Lipinski definition) is 6. The molecule has 136 valence electrons. The highest BCUT2D eigenvalue weighted by atomic mass is 79.9. The summed E-state index contributed by atoms with van der Waals surface area (Å²) in [5.74, 6) is 0.979. The van der Waals surface area contributed by atoms with E-state index >= 15 is 0 Å². The van der Waals surface area contributed by atoms with E-state index < -0.39 is 0 Å². The number of nitrogens with one attached hydrogen (secondary N) is 1. The monoisotopic (exact) mass is 443 g/mol. The second-order valence-corrected chi connectivity index (χ2v) is 7.13. The summed E-state index contributed by atoms with van der Waals surface area (Å²) in [5, 5.41) is 8.54. The molecule has 4 rings (SSSR count). The molecule has 1 atom stereocenters. The Kier molecular flexibility index (Phi) is 4.67. The Morgan fingerprint density at radius 3 is 2.74 bits per heavy atom. The number of aromatic nitrogens is 5. The zero-order valence-electron chi connectivity index (χ0n) is 14.3. The van der Waals surface area contributed by atoms with Gasteiger partial charge in [-0.05, 0) is 28.9 Å². The number of fused-ring (bicyclic) bond motifs is 1. The molecule has 0 bridgehead atoms. The van der Waals surface area contributed by atoms with Crippen LogP contribution in [0.5, 0.6) is 0 Å². The van der Waals surface area contributed by atoms with Crippen LogP contribution in [-0.4, -0.2) is 24.6 Å². The van der Waals surface area contributed by atoms with Crippen LogP contribution < -0.4 is 11.1 Å². The van der Waals surface area contributed by atoms with Crippen LogP contribution >= 0.6 is 27.5 Å². The largest absolute Gasteiger partial charge is 0.383 e. The Morgan fingerprint density at radius 2 is 1.96 bits per heavy atom. The molecular formula is C18H15BrClN7. The van der Waals surface area contributed by atoms with E-state index in [1.165, 1.54) is 6.33 Å². The van der Waals surface area contributed by atoms with Crippen LogP contribution in [0.3, 0.4) is 0 Å². The van der Waals surface area contributed by atoms with Crippen LogP contribution in [0.1, 0.15) is 18.5 Å². The van der Waals surface area contributed by atoms with Crippen molar-refractivity contribution >= 4 is 44.8 Å². The van der Waals surface area contributed by atoms with Gasteiger partial charge in [0.1, 0.15) is 22.4 Å². The summed E-state index contributed by atoms with van der Waals surface area (Å²) >= 11 is 9.64. The van der Waals surface area contributed by atoms with Crippen LogP contribution in [0, 0.1) is 0 Å². The highest BCUT2D eigenvalue weighted by Gasteiger charge is 2.18. The predicted molar refractivity (Wildman–Crippen MR) is 110 cm³/mol. The Balaban J connectivity index is 1.83. The maximum atomic E-state index is 6.22. The third-order valence-electron chi connectivity index (χ3n) is 4.16. The zero-order chi connectivity index (χ0) is 19.0. The summed E-state index contributed by atoms with van der Waals surface area (Å²) in [5.41, 5.74) is 9.27. The summed E-state index contributed by atoms with van der Waals surface area (Å²) in [6.07, 6.45) is 3.01. The van der Waals surface area contributed by atoms with Crippen molar-refractivity contribution in [2.24, 2.45) is 0 Å². The molecule has 0 amide bonds. The second-order valence-electron chi connectivity index (χ2n) is 5.95. The van der Waals surface area contributed by atoms with Gasteiger partial charge < -0.3 is 11.1 Å². The number of halogens is 2. The fourth-order valence-electron chi connectivity index (χ4n) is 2.82. The maximum absolute atomic E-state index is 6.22. The van der Waals surface area contributed by atoms with Gasteiger partial charge in [0.15, 0.2) is 10.8 Å². The first-order valence-corrected chi connectivity index (χ1v) is 9.34. The quantitative estimate of drug-likeness (QED) is 0.486. The molecule has 1 aromatic carbocycles. The lowest BCUT2D eigenvalue weighted by molar-refractivity contribution is 0.839. The number of nitrogens with two attached hydrogens (primary N) is 1. The number of nitrogen functional groups attached to an aromatic ring is 1. The van der Waals surface area contributed by atoms with Crippen molar-refractivity contribution < 1.29 is 0 Å². The lowest BCUT2D eigenvalue weighted by atomic mass is 10.0. The van der Waals surface area contributed by atoms with Gasteiger partial charge in [-0.25, -0.2) is 19.5 Å². The average molecular weight is 445 g/mol. The second kappa shape index (κ2) is 7.13. The fourth-order valence-corrected chi connectivity index (χ4v) is 3.31. The molecule has 0 radical (unpaired) electrons. The molecule has 3 aromatic heterocycles. The third kappa shape index (κ3) is 3.33. The van der Waals surface area contributed by atoms with Crippen molar-refractivity contribution in [2.75, 3.05) is 11.1 Å². The summed E-state index contributed by atoms with van der Waals surface area (Å²) < 4.78 is 2.25. The molecule has 4 aromatic rings. The van der Waals surface area contributed by atoms with Gasteiger partial charge in [-0.1, -0.05) is 41.9 Å². The molecule has 0 saturated carbocycles. The third-order valence-corrected chi connectivity index (χ3v) is 5.20. The smallest absolute Gasteiger partial charge is 0.155 e. The van der Waals surface area contributed by atoms with Gasteiger partial charge >= 0.3 is 0 Å². The minimum absolute atomic E-state index is 0.126. The van der Waals surface area contributed by atoms with Crippen LogP contribution in [0.15, 0.2) is 53.4 Å². The van der Waals surface area contributed by atoms with E-state index in [2.05, 4.69) is 36.2 Å². The van der Waals surface area contributed by atoms with E-state index in [0.717, 1.165) is 16.8 Å². The molecule has 0 aliphatic rings. The minimum atomic E-state index is -0.126. The number of nitrogens with zero attached hydrogens (tertiary/aromatic N) is 5. The molecule has 0 saturated heterocycles. The van der Waals surface area contributed by atoms with Gasteiger partial charge in [-0.2, -0.15) is 5.10 Å². The highest BCUT2D eigenvalue weighted by Crippen LogP contribution is 2.32. The van der Waals surface area contributed by atoms with Gasteiger partial charge in [0.05, 0.1) is 17.9 Å². The number of rotatable bonds is 4. The summed E-state index contributed by atoms with van der Waals surface area (Å²) in [6.45, 7) is 2.02. The van der Waals surface area contributed by atoms with Crippen molar-refractivity contribution in [3.8, 4) is 11.3 Å². The van der Waals surface area contributed by atoms with E-state index in [4.69, 9.17) is 22.4 Å². The normalized spacial score (nSPS) is 12.3. The summed E-state index contributed by atoms with van der Waals surface area (Å²) in [4.78, 5) is 12.6. The van der Waals surface area contributed by atoms with Crippen molar-refractivity contribution in [2.45, 2.75) is 13.0 Å². The van der Waals surface area contributed by atoms with Crippen LogP contribution in [0.2, 0.25) is 5.15 Å². The number of imidazole rings is 1. The first-order valence-electron chi connectivity index (χ1n) is 8.16. The molecule has 0 fully saturated rings. The Bertz CT molecular complexity index is 1110. The number of hydrogen-bond donors (Lipinski definition) is 2. The van der Waals surface area contributed by atoms with E-state index in [1.54, 1.807) is 10.7 Å². The molecule has 0 unspecified atom stereocenters. The van der Waals surface area contributed by atoms with Gasteiger partial charge in [0.2, 0.25) is 0 Å². The summed E-state index contributed by atoms with van der Waals surface area (Å²) in [7, 11) is 0. The van der Waals surface area contributed by atoms with E-state index in [9.17, 15) is 0 Å². The minimum Gasteiger partial charge on any atom is -0.383 e. The first-order chi connectivity index (χ1) is 13.0. The maximum Gasteiger partial charge on any atom is 0.155 e. The Hall–Kier alpha value is -2.71. The Morgan fingerprint density at radius 1 is 1.19 bits per heavy atom. The zero-order valence-corrected chi connectivity index (χ0v) is 16.6. The number of benzene rings is 1. The first kappa shape index (κ1) is 17.7. The SMILES string of the molecule is C[C@H](Nc1ncnc(N)c1Br)c1cc2ncc(Cl)n2nc1-c1ccccc1. The molecule has 27 heavy (non-hydrogen) atoms. The number of anilines is 2. The lowest BCUT2D eigenvalue weighted by Crippen LogP contribution is -2.13. The molecule has 3 N–H and O–H groups in total. The van der Waals surface area contributed by atoms with Gasteiger partial charge in [0.25, 0.3) is 0 Å². The van der Waals surface area contributed by atoms with Crippen LogP contribution in [0.25, 0.3) is 16.9 Å². The van der Waals surface area contributed by atoms with Crippen molar-refractivity contribution in [3.05, 3.63) is 64.1 Å². The molecule has 0 aliphatic carbocycles. The molecular weight excluding hydrogens is 430 g/mol. The molecule has 9 heteroatoms. The summed E-state index contributed by atoms with van der Waals surface area (Å²) in [6, 6.07) is 11.8. The predicted octanol–water partition coefficient (Wildman–Crippen LogP) is 4.36. The average Bonchev–Trinajstić information content (AvgIpc) is 3.05. The van der Waals surface area contributed by atoms with Crippen molar-refractivity contribution in [1.29, 1.82) is 0 Å². The van der Waals surface area contributed by atoms with E-state index in [1.807, 2.05) is 43.3 Å². The lowest BCUT2D eigenvalue weighted by Gasteiger charge is -2.19. The molecule has 0 aliphatic heterocycles. The van der Waals surface area contributed by atoms with E-state index in [-0.39, 0.29) is 6.04 Å². The van der Waals surface area contributed by atoms with Gasteiger partial charge in [-0.15, -0.1) is 0 Å². The van der Waals surface area contributed by atoms with Crippen molar-refractivity contribution in [3.63, 3.8) is 0 Å². The fraction of sp³-hybridized carbons (Fsp3) is 0.111. The topological polar surface area (TPSA) is 94.0 Å². The molecule has 0 spiro atoms. The standard InChI is InChI=1S/C18H15BrClN7/c1-10(25-18-15(19)17(21)23-9-24-18)12-7-14-22-8-13(20)27(14)26-16(12)11-5-3-2-4-6-11/h2-10H,1H3,(H3,21,23,24,25)/t10-/m0/s1. The van der Waals surface area contributed by atoms with Gasteiger partial charge in [0, 0.05) is 11.1 Å². The van der Waals surface area contributed by atoms with Crippen LogP contribution in [-0.2, 0) is 0 Å². The van der Waals surface area contributed by atoms with E-state index in [0.29, 0.717) is 26.9 Å². The van der Waals surface area contributed by atoms with Crippen molar-refractivity contribution in [1.82, 2.24) is 24.6 Å². The van der Waals surface area contributed by atoms with Gasteiger partial charge in [-0.3, -0.25) is 0 Å². The molecule has 7 nitrogen and oxygen atoms in total. The van der Waals surface area contributed by atoms with Crippen LogP contribution in [0.4, 0.5) is 11.6 Å². The Labute approximate surface area is 168 Å². The molecule has 3 heterocycles.